The van der Waals surface area contributed by atoms with E-state index in [2.05, 4.69) is 28.9 Å². The number of carbonyl (C=O) groups excluding carboxylic acids is 1. The second-order valence-corrected chi connectivity index (χ2v) is 10.2. The summed E-state index contributed by atoms with van der Waals surface area (Å²) in [7, 11) is 3.34. The lowest BCUT2D eigenvalue weighted by molar-refractivity contribution is 0.0954. The van der Waals surface area contributed by atoms with Crippen LogP contribution < -0.4 is 14.8 Å². The smallest absolute Gasteiger partial charge is 0.251 e. The van der Waals surface area contributed by atoms with Gasteiger partial charge < -0.3 is 19.4 Å². The number of amides is 1. The van der Waals surface area contributed by atoms with Crippen LogP contribution >= 0.6 is 23.4 Å². The van der Waals surface area contributed by atoms with Crippen LogP contribution in [0.2, 0.25) is 5.02 Å². The van der Waals surface area contributed by atoms with Gasteiger partial charge >= 0.3 is 0 Å². The monoisotopic (exact) mass is 549 g/mol. The van der Waals surface area contributed by atoms with Crippen molar-refractivity contribution in [2.24, 2.45) is 0 Å². The molecule has 4 rings (SSSR count). The third-order valence-electron chi connectivity index (χ3n) is 6.05. The van der Waals surface area contributed by atoms with Gasteiger partial charge in [-0.05, 0) is 85.6 Å². The number of ether oxygens (including phenoxy) is 2. The van der Waals surface area contributed by atoms with Gasteiger partial charge in [0.1, 0.15) is 11.5 Å². The third kappa shape index (κ3) is 6.71. The predicted molar refractivity (Wildman–Crippen MR) is 156 cm³/mol. The van der Waals surface area contributed by atoms with E-state index in [4.69, 9.17) is 26.1 Å². The van der Waals surface area contributed by atoms with Gasteiger partial charge in [-0.15, -0.1) is 0 Å². The summed E-state index contributed by atoms with van der Waals surface area (Å²) in [5.74, 6) is 2.36. The normalized spacial score (nSPS) is 10.8. The molecule has 0 aliphatic rings. The molecule has 4 aromatic rings. The molecule has 0 aliphatic carbocycles. The Labute approximate surface area is 233 Å². The van der Waals surface area contributed by atoms with E-state index in [-0.39, 0.29) is 5.91 Å². The molecule has 1 aromatic heterocycles. The summed E-state index contributed by atoms with van der Waals surface area (Å²) in [6, 6.07) is 23.0. The molecule has 0 spiro atoms. The minimum absolute atomic E-state index is 0.0947. The summed E-state index contributed by atoms with van der Waals surface area (Å²) in [6.45, 7) is 3.60. The lowest BCUT2D eigenvalue weighted by Gasteiger charge is -2.13. The van der Waals surface area contributed by atoms with Crippen molar-refractivity contribution in [2.45, 2.75) is 31.5 Å². The number of methoxy groups -OCH3 is 2. The molecule has 0 bridgehead atoms. The van der Waals surface area contributed by atoms with Gasteiger partial charge in [-0.25, -0.2) is 4.98 Å². The Hall–Kier alpha value is -3.42. The zero-order chi connectivity index (χ0) is 26.9. The van der Waals surface area contributed by atoms with Gasteiger partial charge in [0.2, 0.25) is 0 Å². The van der Waals surface area contributed by atoms with Crippen molar-refractivity contribution >= 4 is 29.3 Å². The Kier molecular flexibility index (Phi) is 9.73. The molecule has 1 N–H and O–H groups in total. The van der Waals surface area contributed by atoms with Crippen LogP contribution in [0.3, 0.4) is 0 Å². The molecule has 0 unspecified atom stereocenters. The Balaban J connectivity index is 1.54. The van der Waals surface area contributed by atoms with Crippen LogP contribution in [0.1, 0.15) is 30.1 Å². The molecule has 0 fully saturated rings. The van der Waals surface area contributed by atoms with Crippen molar-refractivity contribution in [1.29, 1.82) is 0 Å². The Morgan fingerprint density at radius 2 is 1.53 bits per heavy atom. The van der Waals surface area contributed by atoms with Gasteiger partial charge in [-0.1, -0.05) is 30.3 Å². The molecule has 38 heavy (non-hydrogen) atoms. The van der Waals surface area contributed by atoms with Gasteiger partial charge in [-0.3, -0.25) is 4.79 Å². The zero-order valence-corrected chi connectivity index (χ0v) is 23.4. The quantitative estimate of drug-likeness (QED) is 0.149. The molecule has 0 atom stereocenters. The molecule has 0 aliphatic heterocycles. The minimum Gasteiger partial charge on any atom is -0.497 e. The summed E-state index contributed by atoms with van der Waals surface area (Å²) in [6.07, 6.45) is 1.80. The van der Waals surface area contributed by atoms with Crippen LogP contribution in [0.15, 0.2) is 78.0 Å². The van der Waals surface area contributed by atoms with Gasteiger partial charge in [0.25, 0.3) is 5.91 Å². The molecule has 198 valence electrons. The number of benzene rings is 3. The molecule has 1 heterocycles. The highest BCUT2D eigenvalue weighted by atomic mass is 35.5. The van der Waals surface area contributed by atoms with Crippen LogP contribution in [0.25, 0.3) is 22.5 Å². The largest absolute Gasteiger partial charge is 0.497 e. The molecular formula is C30H32ClN3O3S. The Morgan fingerprint density at radius 1 is 0.921 bits per heavy atom. The van der Waals surface area contributed by atoms with Crippen molar-refractivity contribution in [3.05, 3.63) is 83.4 Å². The standard InChI is InChI=1S/C30H32ClN3O3S/c1-4-19-34-28(22-10-16-26(37-3)17-11-22)27(21-8-14-25(36-2)15-9-21)33-30(34)38-20-5-18-32-29(35)23-6-12-24(31)13-7-23/h6-17H,4-5,18-20H2,1-3H3,(H,32,35). The molecule has 0 saturated heterocycles. The number of hydrogen-bond acceptors (Lipinski definition) is 5. The Morgan fingerprint density at radius 3 is 2.11 bits per heavy atom. The van der Waals surface area contributed by atoms with Gasteiger partial charge in [0.15, 0.2) is 5.16 Å². The molecular weight excluding hydrogens is 518 g/mol. The maximum Gasteiger partial charge on any atom is 0.251 e. The second kappa shape index (κ2) is 13.4. The van der Waals surface area contributed by atoms with E-state index in [9.17, 15) is 4.79 Å². The van der Waals surface area contributed by atoms with Gasteiger partial charge in [-0.2, -0.15) is 0 Å². The summed E-state index contributed by atoms with van der Waals surface area (Å²) in [4.78, 5) is 17.5. The number of aromatic nitrogens is 2. The average molecular weight is 550 g/mol. The SMILES string of the molecule is CCCn1c(SCCCNC(=O)c2ccc(Cl)cc2)nc(-c2ccc(OC)cc2)c1-c1ccc(OC)cc1. The zero-order valence-electron chi connectivity index (χ0n) is 21.9. The van der Waals surface area contributed by atoms with Crippen LogP contribution in [0, 0.1) is 0 Å². The van der Waals surface area contributed by atoms with E-state index in [1.54, 1.807) is 50.2 Å². The minimum atomic E-state index is -0.0947. The van der Waals surface area contributed by atoms with E-state index >= 15 is 0 Å². The molecule has 0 radical (unpaired) electrons. The highest BCUT2D eigenvalue weighted by molar-refractivity contribution is 7.99. The Bertz CT molecular complexity index is 1340. The van der Waals surface area contributed by atoms with E-state index in [0.29, 0.717) is 17.1 Å². The number of rotatable bonds is 12. The fraction of sp³-hybridized carbons (Fsp3) is 0.267. The van der Waals surface area contributed by atoms with E-state index < -0.39 is 0 Å². The summed E-state index contributed by atoms with van der Waals surface area (Å²) in [5, 5.41) is 4.57. The first-order valence-electron chi connectivity index (χ1n) is 12.6. The number of carbonyl (C=O) groups is 1. The maximum atomic E-state index is 12.4. The van der Waals surface area contributed by atoms with Crippen molar-refractivity contribution in [3.63, 3.8) is 0 Å². The second-order valence-electron chi connectivity index (χ2n) is 8.67. The van der Waals surface area contributed by atoms with Crippen LogP contribution in [-0.2, 0) is 6.54 Å². The van der Waals surface area contributed by atoms with Crippen molar-refractivity contribution in [3.8, 4) is 34.0 Å². The van der Waals surface area contributed by atoms with Crippen molar-refractivity contribution in [2.75, 3.05) is 26.5 Å². The van der Waals surface area contributed by atoms with Crippen LogP contribution in [0.5, 0.6) is 11.5 Å². The van der Waals surface area contributed by atoms with Gasteiger partial charge in [0.05, 0.1) is 25.6 Å². The average Bonchev–Trinajstić information content (AvgIpc) is 3.31. The molecule has 1 amide bonds. The first-order chi connectivity index (χ1) is 18.5. The lowest BCUT2D eigenvalue weighted by Crippen LogP contribution is -2.24. The molecule has 8 heteroatoms. The summed E-state index contributed by atoms with van der Waals surface area (Å²) in [5.41, 5.74) is 4.74. The van der Waals surface area contributed by atoms with Crippen LogP contribution in [0.4, 0.5) is 0 Å². The number of imidazole rings is 1. The number of hydrogen-bond donors (Lipinski definition) is 1. The summed E-state index contributed by atoms with van der Waals surface area (Å²) < 4.78 is 13.0. The molecule has 0 saturated carbocycles. The highest BCUT2D eigenvalue weighted by Crippen LogP contribution is 2.37. The van der Waals surface area contributed by atoms with Crippen LogP contribution in [-0.4, -0.2) is 42.0 Å². The third-order valence-corrected chi connectivity index (χ3v) is 7.37. The van der Waals surface area contributed by atoms with Gasteiger partial charge in [0, 0.05) is 40.6 Å². The summed E-state index contributed by atoms with van der Waals surface area (Å²) >= 11 is 7.63. The number of nitrogens with zero attached hydrogens (tertiary/aromatic N) is 2. The number of thioether (sulfide) groups is 1. The molecule has 3 aromatic carbocycles. The highest BCUT2D eigenvalue weighted by Gasteiger charge is 2.20. The van der Waals surface area contributed by atoms with Crippen molar-refractivity contribution < 1.29 is 14.3 Å². The topological polar surface area (TPSA) is 65.4 Å². The predicted octanol–water partition coefficient (Wildman–Crippen LogP) is 7.21. The fourth-order valence-electron chi connectivity index (χ4n) is 4.11. The van der Waals surface area contributed by atoms with E-state index in [1.165, 1.54) is 0 Å². The maximum absolute atomic E-state index is 12.4. The first kappa shape index (κ1) is 27.6. The number of nitrogens with one attached hydrogen (secondary N) is 1. The fourth-order valence-corrected chi connectivity index (χ4v) is 5.20. The van der Waals surface area contributed by atoms with E-state index in [1.807, 2.05) is 36.4 Å². The lowest BCUT2D eigenvalue weighted by atomic mass is 10.0. The van der Waals surface area contributed by atoms with E-state index in [0.717, 1.165) is 64.3 Å². The molecule has 6 nitrogen and oxygen atoms in total. The number of halogens is 1. The van der Waals surface area contributed by atoms with Crippen molar-refractivity contribution in [1.82, 2.24) is 14.9 Å². The first-order valence-corrected chi connectivity index (χ1v) is 14.0.